The Bertz CT molecular complexity index is 912. The average Bonchev–Trinajstić information content (AvgIpc) is 2.73. The lowest BCUT2D eigenvalue weighted by Crippen LogP contribution is -2.43. The number of amides is 2. The predicted molar refractivity (Wildman–Crippen MR) is 125 cm³/mol. The van der Waals surface area contributed by atoms with E-state index in [1.807, 2.05) is 26.8 Å². The maximum atomic E-state index is 12.6. The predicted octanol–water partition coefficient (Wildman–Crippen LogP) is 3.35. The molecule has 3 rings (SSSR count). The summed E-state index contributed by atoms with van der Waals surface area (Å²) in [5.74, 6) is -0.237. The monoisotopic (exact) mass is 422 g/mol. The van der Waals surface area contributed by atoms with E-state index in [0.29, 0.717) is 17.8 Å². The smallest absolute Gasteiger partial charge is 0.251 e. The van der Waals surface area contributed by atoms with Crippen LogP contribution in [0.1, 0.15) is 42.3 Å². The normalized spacial score (nSPS) is 15.5. The summed E-state index contributed by atoms with van der Waals surface area (Å²) in [5.41, 5.74) is 3.01. The second kappa shape index (κ2) is 10.1. The molecule has 0 atom stereocenters. The first-order chi connectivity index (χ1) is 14.7. The first kappa shape index (κ1) is 23.0. The number of rotatable bonds is 6. The van der Waals surface area contributed by atoms with Gasteiger partial charge in [0.15, 0.2) is 0 Å². The van der Waals surface area contributed by atoms with Crippen molar-refractivity contribution in [1.29, 1.82) is 0 Å². The van der Waals surface area contributed by atoms with E-state index in [1.54, 1.807) is 24.3 Å². The van der Waals surface area contributed by atoms with Gasteiger partial charge >= 0.3 is 0 Å². The number of piperazine rings is 1. The number of carbonyl (C=O) groups is 2. The van der Waals surface area contributed by atoms with E-state index < -0.39 is 5.41 Å². The minimum atomic E-state index is -0.493. The van der Waals surface area contributed by atoms with Gasteiger partial charge in [-0.15, -0.1) is 0 Å². The maximum absolute atomic E-state index is 12.6. The fraction of sp³-hybridized carbons (Fsp3) is 0.440. The van der Waals surface area contributed by atoms with Crippen LogP contribution in [-0.2, 0) is 17.9 Å². The summed E-state index contributed by atoms with van der Waals surface area (Å²) in [6.45, 7) is 11.3. The highest BCUT2D eigenvalue weighted by atomic mass is 16.2. The summed E-state index contributed by atoms with van der Waals surface area (Å²) < 4.78 is 0. The number of anilines is 1. The van der Waals surface area contributed by atoms with Gasteiger partial charge in [-0.25, -0.2) is 0 Å². The van der Waals surface area contributed by atoms with Crippen LogP contribution in [-0.4, -0.2) is 54.8 Å². The van der Waals surface area contributed by atoms with Gasteiger partial charge in [0.1, 0.15) is 0 Å². The number of hydrogen-bond acceptors (Lipinski definition) is 4. The molecule has 1 saturated heterocycles. The molecule has 0 aromatic heterocycles. The summed E-state index contributed by atoms with van der Waals surface area (Å²) in [6, 6.07) is 15.4. The quantitative estimate of drug-likeness (QED) is 0.749. The van der Waals surface area contributed by atoms with Gasteiger partial charge in [0, 0.05) is 55.9 Å². The van der Waals surface area contributed by atoms with Gasteiger partial charge in [0.25, 0.3) is 5.91 Å². The molecule has 1 aliphatic rings. The van der Waals surface area contributed by atoms with Crippen LogP contribution < -0.4 is 10.6 Å². The Morgan fingerprint density at radius 2 is 1.61 bits per heavy atom. The van der Waals surface area contributed by atoms with Crippen molar-refractivity contribution in [2.24, 2.45) is 5.41 Å². The number of carbonyl (C=O) groups excluding carboxylic acids is 2. The third-order valence-corrected chi connectivity index (χ3v) is 5.51. The largest absolute Gasteiger partial charge is 0.348 e. The van der Waals surface area contributed by atoms with Gasteiger partial charge in [-0.3, -0.25) is 14.5 Å². The van der Waals surface area contributed by atoms with Crippen LogP contribution >= 0.6 is 0 Å². The number of benzene rings is 2. The molecule has 0 aliphatic carbocycles. The lowest BCUT2D eigenvalue weighted by atomic mass is 9.95. The first-order valence-electron chi connectivity index (χ1n) is 10.9. The number of nitrogens with zero attached hydrogens (tertiary/aromatic N) is 2. The molecule has 31 heavy (non-hydrogen) atoms. The minimum Gasteiger partial charge on any atom is -0.348 e. The zero-order chi connectivity index (χ0) is 22.4. The van der Waals surface area contributed by atoms with E-state index in [0.717, 1.165) is 38.3 Å². The molecule has 0 spiro atoms. The first-order valence-corrected chi connectivity index (χ1v) is 10.9. The molecule has 0 radical (unpaired) electrons. The highest BCUT2D eigenvalue weighted by Gasteiger charge is 2.21. The van der Waals surface area contributed by atoms with Gasteiger partial charge < -0.3 is 15.5 Å². The van der Waals surface area contributed by atoms with Gasteiger partial charge in [-0.2, -0.15) is 0 Å². The fourth-order valence-electron chi connectivity index (χ4n) is 3.44. The van der Waals surface area contributed by atoms with Gasteiger partial charge in [0.2, 0.25) is 5.91 Å². The number of hydrogen-bond donors (Lipinski definition) is 2. The molecule has 0 saturated carbocycles. The standard InChI is InChI=1S/C25H34N4O2/c1-25(2,3)24(31)27-22-10-6-9-21(16-22)23(30)26-17-19-7-5-8-20(15-19)18-29-13-11-28(4)12-14-29/h5-10,15-16H,11-14,17-18H2,1-4H3,(H,26,30)(H,27,31). The Morgan fingerprint density at radius 1 is 0.935 bits per heavy atom. The van der Waals surface area contributed by atoms with Crippen molar-refractivity contribution in [3.05, 3.63) is 65.2 Å². The second-order valence-electron chi connectivity index (χ2n) is 9.37. The summed E-state index contributed by atoms with van der Waals surface area (Å²) in [4.78, 5) is 29.7. The molecule has 1 heterocycles. The summed E-state index contributed by atoms with van der Waals surface area (Å²) >= 11 is 0. The molecule has 2 aromatic carbocycles. The van der Waals surface area contributed by atoms with Crippen molar-refractivity contribution < 1.29 is 9.59 Å². The van der Waals surface area contributed by atoms with Crippen LogP contribution in [0, 0.1) is 5.41 Å². The SMILES string of the molecule is CN1CCN(Cc2cccc(CNC(=O)c3cccc(NC(=O)C(C)(C)C)c3)c2)CC1. The Labute approximate surface area is 185 Å². The third-order valence-electron chi connectivity index (χ3n) is 5.51. The fourth-order valence-corrected chi connectivity index (χ4v) is 3.44. The zero-order valence-electron chi connectivity index (χ0n) is 19.1. The van der Waals surface area contributed by atoms with E-state index in [4.69, 9.17) is 0 Å². The van der Waals surface area contributed by atoms with E-state index >= 15 is 0 Å². The molecule has 6 nitrogen and oxygen atoms in total. The van der Waals surface area contributed by atoms with Crippen LogP contribution in [0.15, 0.2) is 48.5 Å². The van der Waals surface area contributed by atoms with Crippen molar-refractivity contribution in [2.75, 3.05) is 38.5 Å². The molecular weight excluding hydrogens is 388 g/mol. The Hall–Kier alpha value is -2.70. The number of likely N-dealkylation sites (N-methyl/N-ethyl adjacent to an activating group) is 1. The van der Waals surface area contributed by atoms with Crippen molar-refractivity contribution in [1.82, 2.24) is 15.1 Å². The Kier molecular flexibility index (Phi) is 7.46. The molecule has 1 fully saturated rings. The van der Waals surface area contributed by atoms with Gasteiger partial charge in [-0.1, -0.05) is 51.1 Å². The Morgan fingerprint density at radius 3 is 2.32 bits per heavy atom. The minimum absolute atomic E-state index is 0.0813. The Balaban J connectivity index is 1.56. The highest BCUT2D eigenvalue weighted by molar-refractivity contribution is 5.98. The van der Waals surface area contributed by atoms with E-state index in [9.17, 15) is 9.59 Å². The number of nitrogens with one attached hydrogen (secondary N) is 2. The van der Waals surface area contributed by atoms with Crippen molar-refractivity contribution >= 4 is 17.5 Å². The highest BCUT2D eigenvalue weighted by Crippen LogP contribution is 2.18. The molecule has 2 aromatic rings. The molecule has 0 bridgehead atoms. The van der Waals surface area contributed by atoms with Gasteiger partial charge in [0.05, 0.1) is 0 Å². The molecule has 0 unspecified atom stereocenters. The van der Waals surface area contributed by atoms with Crippen molar-refractivity contribution in [2.45, 2.75) is 33.9 Å². The van der Waals surface area contributed by atoms with Gasteiger partial charge in [-0.05, 0) is 36.4 Å². The van der Waals surface area contributed by atoms with Crippen LogP contribution in [0.3, 0.4) is 0 Å². The second-order valence-corrected chi connectivity index (χ2v) is 9.37. The van der Waals surface area contributed by atoms with E-state index in [-0.39, 0.29) is 11.8 Å². The summed E-state index contributed by atoms with van der Waals surface area (Å²) in [5, 5.41) is 5.86. The van der Waals surface area contributed by atoms with E-state index in [1.165, 1.54) is 5.56 Å². The van der Waals surface area contributed by atoms with E-state index in [2.05, 4.69) is 45.7 Å². The van der Waals surface area contributed by atoms with Crippen molar-refractivity contribution in [3.63, 3.8) is 0 Å². The summed E-state index contributed by atoms with van der Waals surface area (Å²) in [7, 11) is 2.16. The molecule has 166 valence electrons. The van der Waals surface area contributed by atoms with Crippen LogP contribution in [0.4, 0.5) is 5.69 Å². The molecule has 2 N–H and O–H groups in total. The lowest BCUT2D eigenvalue weighted by Gasteiger charge is -2.32. The maximum Gasteiger partial charge on any atom is 0.251 e. The average molecular weight is 423 g/mol. The van der Waals surface area contributed by atoms with Crippen LogP contribution in [0.25, 0.3) is 0 Å². The topological polar surface area (TPSA) is 64.7 Å². The lowest BCUT2D eigenvalue weighted by molar-refractivity contribution is -0.123. The van der Waals surface area contributed by atoms with Crippen molar-refractivity contribution in [3.8, 4) is 0 Å². The zero-order valence-corrected chi connectivity index (χ0v) is 19.1. The molecular formula is C25H34N4O2. The van der Waals surface area contributed by atoms with Crippen LogP contribution in [0.5, 0.6) is 0 Å². The molecule has 6 heteroatoms. The summed E-state index contributed by atoms with van der Waals surface area (Å²) in [6.07, 6.45) is 0. The molecule has 1 aliphatic heterocycles. The third kappa shape index (κ3) is 6.91. The van der Waals surface area contributed by atoms with Crippen LogP contribution in [0.2, 0.25) is 0 Å². The molecule has 2 amide bonds.